The van der Waals surface area contributed by atoms with Crippen molar-refractivity contribution >= 4 is 5.69 Å². The van der Waals surface area contributed by atoms with E-state index in [-0.39, 0.29) is 5.82 Å². The maximum Gasteiger partial charge on any atom is 0.189 e. The van der Waals surface area contributed by atoms with E-state index in [1.165, 1.54) is 10.7 Å². The quantitative estimate of drug-likeness (QED) is 0.734. The average molecular weight is 283 g/mol. The summed E-state index contributed by atoms with van der Waals surface area (Å²) >= 11 is 0. The van der Waals surface area contributed by atoms with Gasteiger partial charge < -0.3 is 5.73 Å². The Morgan fingerprint density at radius 2 is 1.76 bits per heavy atom. The van der Waals surface area contributed by atoms with Gasteiger partial charge in [0.05, 0.1) is 0 Å². The van der Waals surface area contributed by atoms with E-state index >= 15 is 0 Å². The Hall–Kier alpha value is -2.76. The molecule has 0 saturated carbocycles. The lowest BCUT2D eigenvalue weighted by Crippen LogP contribution is -2.06. The minimum absolute atomic E-state index is 0.332. The Morgan fingerprint density at radius 3 is 2.52 bits per heavy atom. The number of nitrogens with two attached hydrogens (primary N) is 1. The van der Waals surface area contributed by atoms with E-state index in [0.29, 0.717) is 22.8 Å². The van der Waals surface area contributed by atoms with Crippen LogP contribution in [0.25, 0.3) is 17.1 Å². The van der Waals surface area contributed by atoms with Gasteiger partial charge in [0, 0.05) is 11.3 Å². The molecule has 0 fully saturated rings. The fourth-order valence-corrected chi connectivity index (χ4v) is 2.27. The molecular weight excluding hydrogens is 269 g/mol. The van der Waals surface area contributed by atoms with Gasteiger partial charge in [-0.3, -0.25) is 0 Å². The van der Waals surface area contributed by atoms with E-state index in [1.807, 2.05) is 38.1 Å². The summed E-state index contributed by atoms with van der Waals surface area (Å²) in [5, 5.41) is 11.6. The zero-order valence-electron chi connectivity index (χ0n) is 11.7. The number of para-hydroxylation sites is 2. The highest BCUT2D eigenvalue weighted by Gasteiger charge is 2.18. The predicted molar refractivity (Wildman–Crippen MR) is 78.4 cm³/mol. The van der Waals surface area contributed by atoms with Gasteiger partial charge >= 0.3 is 0 Å². The first-order valence-corrected chi connectivity index (χ1v) is 6.49. The average Bonchev–Trinajstić information content (AvgIpc) is 2.91. The minimum atomic E-state index is -0.380. The summed E-state index contributed by atoms with van der Waals surface area (Å²) in [7, 11) is 0. The molecule has 0 unspecified atom stereocenters. The highest BCUT2D eigenvalue weighted by atomic mass is 19.1. The normalized spacial score (nSPS) is 10.8. The fraction of sp³-hybridized carbons (Fsp3) is 0.133. The van der Waals surface area contributed by atoms with Crippen molar-refractivity contribution in [2.24, 2.45) is 0 Å². The van der Waals surface area contributed by atoms with Gasteiger partial charge in [-0.15, -0.1) is 5.10 Å². The molecule has 0 aliphatic rings. The first kappa shape index (κ1) is 13.2. The zero-order valence-corrected chi connectivity index (χ0v) is 11.7. The molecular formula is C15H14FN5. The molecule has 2 N–H and O–H groups in total. The number of anilines is 1. The smallest absolute Gasteiger partial charge is 0.189 e. The van der Waals surface area contributed by atoms with Crippen LogP contribution in [0.4, 0.5) is 10.1 Å². The lowest BCUT2D eigenvalue weighted by Gasteiger charge is -2.11. The van der Waals surface area contributed by atoms with Gasteiger partial charge in [-0.05, 0) is 47.5 Å². The number of rotatable bonds is 2. The molecule has 2 aromatic carbocycles. The number of halogens is 1. The summed E-state index contributed by atoms with van der Waals surface area (Å²) in [6.45, 7) is 3.71. The summed E-state index contributed by atoms with van der Waals surface area (Å²) in [6.07, 6.45) is 0. The van der Waals surface area contributed by atoms with Gasteiger partial charge in [0.1, 0.15) is 11.5 Å². The SMILES string of the molecule is Cc1cccc(-c2nnnn2-c2c(C)cccc2F)c1N. The molecule has 1 heterocycles. The van der Waals surface area contributed by atoms with Crippen molar-refractivity contribution in [2.75, 3.05) is 5.73 Å². The van der Waals surface area contributed by atoms with Crippen molar-refractivity contribution in [2.45, 2.75) is 13.8 Å². The Labute approximate surface area is 121 Å². The van der Waals surface area contributed by atoms with Crippen LogP contribution in [0.3, 0.4) is 0 Å². The van der Waals surface area contributed by atoms with Crippen LogP contribution in [0.5, 0.6) is 0 Å². The first-order valence-electron chi connectivity index (χ1n) is 6.49. The summed E-state index contributed by atoms with van der Waals surface area (Å²) in [5.74, 6) is 0.0409. The Bertz CT molecular complexity index is 789. The summed E-state index contributed by atoms with van der Waals surface area (Å²) in [5.41, 5.74) is 9.36. The number of aromatic nitrogens is 4. The number of hydrogen-bond donors (Lipinski definition) is 1. The van der Waals surface area contributed by atoms with Crippen molar-refractivity contribution in [3.63, 3.8) is 0 Å². The monoisotopic (exact) mass is 283 g/mol. The molecule has 0 amide bonds. The van der Waals surface area contributed by atoms with Crippen molar-refractivity contribution in [1.82, 2.24) is 20.2 Å². The number of benzene rings is 2. The molecule has 3 aromatic rings. The predicted octanol–water partition coefficient (Wildman–Crippen LogP) is 2.67. The van der Waals surface area contributed by atoms with Crippen LogP contribution in [0.15, 0.2) is 36.4 Å². The van der Waals surface area contributed by atoms with Crippen molar-refractivity contribution in [3.05, 3.63) is 53.3 Å². The molecule has 0 radical (unpaired) electrons. The topological polar surface area (TPSA) is 69.6 Å². The van der Waals surface area contributed by atoms with Crippen LogP contribution >= 0.6 is 0 Å². The van der Waals surface area contributed by atoms with Crippen molar-refractivity contribution in [3.8, 4) is 17.1 Å². The van der Waals surface area contributed by atoms with E-state index in [4.69, 9.17) is 5.73 Å². The number of aryl methyl sites for hydroxylation is 2. The second kappa shape index (κ2) is 4.97. The molecule has 5 nitrogen and oxygen atoms in total. The van der Waals surface area contributed by atoms with E-state index in [0.717, 1.165) is 11.1 Å². The Morgan fingerprint density at radius 1 is 1.05 bits per heavy atom. The van der Waals surface area contributed by atoms with Crippen LogP contribution < -0.4 is 5.73 Å². The van der Waals surface area contributed by atoms with Gasteiger partial charge in [0.25, 0.3) is 0 Å². The molecule has 0 atom stereocenters. The maximum atomic E-state index is 14.1. The standard InChI is InChI=1S/C15H14FN5/c1-9-5-3-7-11(13(9)17)15-18-19-20-21(15)14-10(2)6-4-8-12(14)16/h3-8H,17H2,1-2H3. The molecule has 106 valence electrons. The van der Waals surface area contributed by atoms with Crippen LogP contribution in [0.1, 0.15) is 11.1 Å². The molecule has 0 bridgehead atoms. The van der Waals surface area contributed by atoms with E-state index in [2.05, 4.69) is 15.5 Å². The number of tetrazole rings is 1. The highest BCUT2D eigenvalue weighted by molar-refractivity contribution is 5.75. The van der Waals surface area contributed by atoms with E-state index < -0.39 is 0 Å². The summed E-state index contributed by atoms with van der Waals surface area (Å²) in [6, 6.07) is 10.4. The summed E-state index contributed by atoms with van der Waals surface area (Å²) < 4.78 is 15.5. The van der Waals surface area contributed by atoms with Gasteiger partial charge in [-0.2, -0.15) is 4.68 Å². The second-order valence-electron chi connectivity index (χ2n) is 4.86. The lowest BCUT2D eigenvalue weighted by atomic mass is 10.1. The van der Waals surface area contributed by atoms with Gasteiger partial charge in [-0.1, -0.05) is 24.3 Å². The third kappa shape index (κ3) is 2.14. The molecule has 0 spiro atoms. The first-order chi connectivity index (χ1) is 10.1. The molecule has 0 aliphatic heterocycles. The van der Waals surface area contributed by atoms with Crippen LogP contribution in [-0.4, -0.2) is 20.2 Å². The molecule has 0 saturated heterocycles. The Kier molecular flexibility index (Phi) is 3.13. The van der Waals surface area contributed by atoms with Gasteiger partial charge in [0.15, 0.2) is 5.82 Å². The van der Waals surface area contributed by atoms with Gasteiger partial charge in [0.2, 0.25) is 0 Å². The molecule has 3 rings (SSSR count). The maximum absolute atomic E-state index is 14.1. The lowest BCUT2D eigenvalue weighted by molar-refractivity contribution is 0.606. The minimum Gasteiger partial charge on any atom is -0.398 e. The highest BCUT2D eigenvalue weighted by Crippen LogP contribution is 2.29. The van der Waals surface area contributed by atoms with Crippen LogP contribution in [0, 0.1) is 19.7 Å². The third-order valence-electron chi connectivity index (χ3n) is 3.43. The number of hydrogen-bond acceptors (Lipinski definition) is 4. The van der Waals surface area contributed by atoms with E-state index in [9.17, 15) is 4.39 Å². The molecule has 0 aliphatic carbocycles. The van der Waals surface area contributed by atoms with Crippen LogP contribution in [-0.2, 0) is 0 Å². The fourth-order valence-electron chi connectivity index (χ4n) is 2.27. The van der Waals surface area contributed by atoms with Crippen molar-refractivity contribution < 1.29 is 4.39 Å². The second-order valence-corrected chi connectivity index (χ2v) is 4.86. The molecule has 6 heteroatoms. The third-order valence-corrected chi connectivity index (χ3v) is 3.43. The number of nitrogen functional groups attached to an aromatic ring is 1. The largest absolute Gasteiger partial charge is 0.398 e. The summed E-state index contributed by atoms with van der Waals surface area (Å²) in [4.78, 5) is 0. The van der Waals surface area contributed by atoms with Gasteiger partial charge in [-0.25, -0.2) is 4.39 Å². The van der Waals surface area contributed by atoms with Crippen molar-refractivity contribution in [1.29, 1.82) is 0 Å². The Balaban J connectivity index is 2.25. The van der Waals surface area contributed by atoms with E-state index in [1.54, 1.807) is 6.07 Å². The molecule has 1 aromatic heterocycles. The zero-order chi connectivity index (χ0) is 15.0. The number of nitrogens with zero attached hydrogens (tertiary/aromatic N) is 4. The van der Waals surface area contributed by atoms with Crippen LogP contribution in [0.2, 0.25) is 0 Å². The molecule has 21 heavy (non-hydrogen) atoms.